The van der Waals surface area contributed by atoms with E-state index in [1.54, 1.807) is 0 Å². The Balaban J connectivity index is 2.55. The molecule has 4 nitrogen and oxygen atoms in total. The van der Waals surface area contributed by atoms with Crippen LogP contribution in [0.5, 0.6) is 0 Å². The number of benzene rings is 1. The number of nitrogens with zero attached hydrogens (tertiary/aromatic N) is 1. The molecule has 0 saturated carbocycles. The number of nitrogens with one attached hydrogen (secondary N) is 1. The molecule has 0 heterocycles. The summed E-state index contributed by atoms with van der Waals surface area (Å²) in [6.07, 6.45) is 1.68. The molecule has 2 N–H and O–H groups in total. The van der Waals surface area contributed by atoms with Crippen LogP contribution >= 0.6 is 15.9 Å². The fourth-order valence-corrected chi connectivity index (χ4v) is 2.35. The number of hydrogen-bond acceptors (Lipinski definition) is 3. The first-order valence-corrected chi connectivity index (χ1v) is 7.29. The van der Waals surface area contributed by atoms with E-state index in [2.05, 4.69) is 41.2 Å². The van der Waals surface area contributed by atoms with Crippen LogP contribution in [0.25, 0.3) is 0 Å². The second-order valence-electron chi connectivity index (χ2n) is 5.51. The SMILES string of the molecule is CC(C)(CCNc1cccc(Br)c1C#N)CCC(=O)O. The Labute approximate surface area is 127 Å². The van der Waals surface area contributed by atoms with Crippen LogP contribution in [-0.2, 0) is 4.79 Å². The van der Waals surface area contributed by atoms with Crippen molar-refractivity contribution in [3.05, 3.63) is 28.2 Å². The average Bonchev–Trinajstić information content (AvgIpc) is 2.37. The van der Waals surface area contributed by atoms with Gasteiger partial charge in [0.2, 0.25) is 0 Å². The number of rotatable bonds is 7. The number of aliphatic carboxylic acids is 1. The minimum Gasteiger partial charge on any atom is -0.481 e. The second-order valence-corrected chi connectivity index (χ2v) is 6.36. The lowest BCUT2D eigenvalue weighted by Gasteiger charge is -2.24. The number of nitriles is 1. The first kappa shape index (κ1) is 16.5. The summed E-state index contributed by atoms with van der Waals surface area (Å²) in [6, 6.07) is 7.74. The molecule has 20 heavy (non-hydrogen) atoms. The molecule has 0 spiro atoms. The summed E-state index contributed by atoms with van der Waals surface area (Å²) in [5.41, 5.74) is 1.36. The zero-order valence-electron chi connectivity index (χ0n) is 11.7. The van der Waals surface area contributed by atoms with Crippen molar-refractivity contribution >= 4 is 27.6 Å². The monoisotopic (exact) mass is 338 g/mol. The van der Waals surface area contributed by atoms with Gasteiger partial charge in [0.15, 0.2) is 0 Å². The lowest BCUT2D eigenvalue weighted by Crippen LogP contribution is -2.18. The number of hydrogen-bond donors (Lipinski definition) is 2. The van der Waals surface area contributed by atoms with Crippen molar-refractivity contribution < 1.29 is 9.90 Å². The van der Waals surface area contributed by atoms with E-state index in [1.807, 2.05) is 18.2 Å². The summed E-state index contributed by atoms with van der Waals surface area (Å²) in [5.74, 6) is -0.759. The third-order valence-corrected chi connectivity index (χ3v) is 3.92. The molecule has 0 atom stereocenters. The highest BCUT2D eigenvalue weighted by atomic mass is 79.9. The van der Waals surface area contributed by atoms with Gasteiger partial charge in [0.25, 0.3) is 0 Å². The minimum atomic E-state index is -0.759. The maximum absolute atomic E-state index is 10.6. The topological polar surface area (TPSA) is 73.1 Å². The summed E-state index contributed by atoms with van der Waals surface area (Å²) < 4.78 is 0.773. The maximum Gasteiger partial charge on any atom is 0.303 e. The third-order valence-electron chi connectivity index (χ3n) is 3.26. The third kappa shape index (κ3) is 5.22. The van der Waals surface area contributed by atoms with Gasteiger partial charge in [0.05, 0.1) is 11.3 Å². The Hall–Kier alpha value is -1.54. The highest BCUT2D eigenvalue weighted by molar-refractivity contribution is 9.10. The first-order valence-electron chi connectivity index (χ1n) is 6.50. The zero-order chi connectivity index (χ0) is 15.2. The lowest BCUT2D eigenvalue weighted by atomic mass is 9.84. The lowest BCUT2D eigenvalue weighted by molar-refractivity contribution is -0.137. The number of anilines is 1. The van der Waals surface area contributed by atoms with Gasteiger partial charge in [-0.1, -0.05) is 19.9 Å². The van der Waals surface area contributed by atoms with Crippen LogP contribution in [0, 0.1) is 16.7 Å². The Bertz CT molecular complexity index is 521. The molecular formula is C15H19BrN2O2. The molecule has 0 aliphatic heterocycles. The fourth-order valence-electron chi connectivity index (χ4n) is 1.89. The Morgan fingerprint density at radius 1 is 1.45 bits per heavy atom. The van der Waals surface area contributed by atoms with Crippen molar-refractivity contribution in [1.29, 1.82) is 5.26 Å². The predicted molar refractivity (Wildman–Crippen MR) is 82.6 cm³/mol. The molecule has 1 aromatic carbocycles. The van der Waals surface area contributed by atoms with Crippen LogP contribution in [0.15, 0.2) is 22.7 Å². The number of halogens is 1. The van der Waals surface area contributed by atoms with E-state index in [1.165, 1.54) is 0 Å². The van der Waals surface area contributed by atoms with Gasteiger partial charge in [-0.25, -0.2) is 0 Å². The first-order chi connectivity index (χ1) is 9.35. The molecule has 1 rings (SSSR count). The van der Waals surface area contributed by atoms with Crippen molar-refractivity contribution in [2.24, 2.45) is 5.41 Å². The molecule has 0 saturated heterocycles. The molecule has 0 fully saturated rings. The van der Waals surface area contributed by atoms with Crippen molar-refractivity contribution in [3.8, 4) is 6.07 Å². The van der Waals surface area contributed by atoms with E-state index < -0.39 is 5.97 Å². The molecule has 1 aromatic rings. The Morgan fingerprint density at radius 2 is 2.15 bits per heavy atom. The smallest absolute Gasteiger partial charge is 0.303 e. The molecule has 0 bridgehead atoms. The molecule has 108 valence electrons. The largest absolute Gasteiger partial charge is 0.481 e. The van der Waals surface area contributed by atoms with E-state index >= 15 is 0 Å². The van der Waals surface area contributed by atoms with Crippen molar-refractivity contribution in [1.82, 2.24) is 0 Å². The molecule has 0 aliphatic carbocycles. The Kier molecular flexibility index (Phi) is 6.03. The van der Waals surface area contributed by atoms with Crippen LogP contribution in [0.4, 0.5) is 5.69 Å². The molecule has 0 aliphatic rings. The van der Waals surface area contributed by atoms with Gasteiger partial charge in [-0.3, -0.25) is 4.79 Å². The van der Waals surface area contributed by atoms with Crippen LogP contribution in [0.3, 0.4) is 0 Å². The van der Waals surface area contributed by atoms with Crippen molar-refractivity contribution in [3.63, 3.8) is 0 Å². The van der Waals surface area contributed by atoms with Gasteiger partial charge in [0.1, 0.15) is 6.07 Å². The van der Waals surface area contributed by atoms with Gasteiger partial charge in [-0.2, -0.15) is 5.26 Å². The summed E-state index contributed by atoms with van der Waals surface area (Å²) in [6.45, 7) is 4.82. The standard InChI is InChI=1S/C15H19BrN2O2/c1-15(2,7-6-14(19)20)8-9-18-13-5-3-4-12(16)11(13)10-17/h3-5,18H,6-9H2,1-2H3,(H,19,20). The van der Waals surface area contributed by atoms with E-state index in [9.17, 15) is 4.79 Å². The van der Waals surface area contributed by atoms with Crippen LogP contribution in [0.1, 0.15) is 38.7 Å². The second kappa shape index (κ2) is 7.30. The predicted octanol–water partition coefficient (Wildman–Crippen LogP) is 4.01. The normalized spacial score (nSPS) is 10.9. The highest BCUT2D eigenvalue weighted by Gasteiger charge is 2.19. The molecule has 5 heteroatoms. The summed E-state index contributed by atoms with van der Waals surface area (Å²) in [4.78, 5) is 10.6. The van der Waals surface area contributed by atoms with E-state index in [0.717, 1.165) is 16.6 Å². The minimum absolute atomic E-state index is 0.0375. The van der Waals surface area contributed by atoms with Gasteiger partial charge in [-0.05, 0) is 46.3 Å². The van der Waals surface area contributed by atoms with Crippen molar-refractivity contribution in [2.45, 2.75) is 33.1 Å². The van der Waals surface area contributed by atoms with Crippen LogP contribution < -0.4 is 5.32 Å². The Morgan fingerprint density at radius 3 is 2.75 bits per heavy atom. The van der Waals surface area contributed by atoms with Gasteiger partial charge < -0.3 is 10.4 Å². The van der Waals surface area contributed by atoms with Gasteiger partial charge in [-0.15, -0.1) is 0 Å². The molecular weight excluding hydrogens is 320 g/mol. The van der Waals surface area contributed by atoms with Gasteiger partial charge >= 0.3 is 5.97 Å². The van der Waals surface area contributed by atoms with Gasteiger partial charge in [0, 0.05) is 17.4 Å². The molecule has 0 aromatic heterocycles. The summed E-state index contributed by atoms with van der Waals surface area (Å²) >= 11 is 3.35. The average molecular weight is 339 g/mol. The highest BCUT2D eigenvalue weighted by Crippen LogP contribution is 2.28. The molecule has 0 radical (unpaired) electrons. The summed E-state index contributed by atoms with van der Waals surface area (Å²) in [7, 11) is 0. The van der Waals surface area contributed by atoms with Crippen LogP contribution in [-0.4, -0.2) is 17.6 Å². The van der Waals surface area contributed by atoms with E-state index in [4.69, 9.17) is 10.4 Å². The zero-order valence-corrected chi connectivity index (χ0v) is 13.3. The fraction of sp³-hybridized carbons (Fsp3) is 0.467. The molecule has 0 amide bonds. The van der Waals surface area contributed by atoms with Crippen molar-refractivity contribution in [2.75, 3.05) is 11.9 Å². The van der Waals surface area contributed by atoms with Crippen LogP contribution in [0.2, 0.25) is 0 Å². The number of carboxylic acids is 1. The number of carbonyl (C=O) groups is 1. The summed E-state index contributed by atoms with van der Waals surface area (Å²) in [5, 5.41) is 21.1. The number of carboxylic acid groups (broad SMARTS) is 1. The van der Waals surface area contributed by atoms with E-state index in [0.29, 0.717) is 18.5 Å². The quantitative estimate of drug-likeness (QED) is 0.787. The maximum atomic E-state index is 10.6. The van der Waals surface area contributed by atoms with E-state index in [-0.39, 0.29) is 11.8 Å². The molecule has 0 unspecified atom stereocenters.